The molecule has 474 valence electrons. The molecule has 81 heavy (non-hydrogen) atoms. The van der Waals surface area contributed by atoms with Gasteiger partial charge in [-0.1, -0.05) is 339 Å². The zero-order valence-electron chi connectivity index (χ0n) is 54.6. The average molecular weight is 1140 g/mol. The Hall–Kier alpha value is -2.63. The van der Waals surface area contributed by atoms with E-state index in [-0.39, 0.29) is 31.1 Å². The second-order valence-electron chi connectivity index (χ2n) is 24.5. The maximum Gasteiger partial charge on any atom is 0.306 e. The summed E-state index contributed by atoms with van der Waals surface area (Å²) in [5.41, 5.74) is 0. The maximum absolute atomic E-state index is 13.0. The van der Waals surface area contributed by atoms with E-state index < -0.39 is 6.10 Å². The molecule has 0 rings (SSSR count). The Labute approximate surface area is 505 Å². The van der Waals surface area contributed by atoms with Crippen molar-refractivity contribution < 1.29 is 28.6 Å². The molecule has 0 aliphatic rings. The number of hydrogen-bond acceptors (Lipinski definition) is 6. The van der Waals surface area contributed by atoms with Crippen LogP contribution in [-0.4, -0.2) is 37.2 Å². The molecule has 6 nitrogen and oxygen atoms in total. The zero-order valence-corrected chi connectivity index (χ0v) is 54.6. The van der Waals surface area contributed by atoms with Crippen molar-refractivity contribution in [1.82, 2.24) is 0 Å². The van der Waals surface area contributed by atoms with Crippen molar-refractivity contribution in [1.29, 1.82) is 0 Å². The minimum absolute atomic E-state index is 0.0703. The molecular formula is C75H138O6. The largest absolute Gasteiger partial charge is 0.462 e. The van der Waals surface area contributed by atoms with Crippen molar-refractivity contribution in [3.8, 4) is 0 Å². The van der Waals surface area contributed by atoms with E-state index in [0.29, 0.717) is 19.3 Å². The highest BCUT2D eigenvalue weighted by Crippen LogP contribution is 2.18. The van der Waals surface area contributed by atoms with Crippen LogP contribution in [0.2, 0.25) is 0 Å². The number of carbonyl (C=O) groups excluding carboxylic acids is 3. The molecule has 0 N–H and O–H groups in total. The van der Waals surface area contributed by atoms with E-state index in [4.69, 9.17) is 14.2 Å². The first-order valence-corrected chi connectivity index (χ1v) is 36.1. The molecule has 0 amide bonds. The van der Waals surface area contributed by atoms with E-state index in [1.54, 1.807) is 0 Å². The normalized spacial score (nSPS) is 12.3. The first-order chi connectivity index (χ1) is 40.0. The third-order valence-electron chi connectivity index (χ3n) is 16.3. The number of esters is 3. The van der Waals surface area contributed by atoms with Gasteiger partial charge in [0.05, 0.1) is 0 Å². The average Bonchev–Trinajstić information content (AvgIpc) is 3.47. The van der Waals surface area contributed by atoms with E-state index in [2.05, 4.69) is 69.4 Å². The molecule has 0 bridgehead atoms. The number of allylic oxidation sites excluding steroid dienone is 8. The van der Waals surface area contributed by atoms with Crippen molar-refractivity contribution >= 4 is 17.9 Å². The van der Waals surface area contributed by atoms with Gasteiger partial charge in [0.25, 0.3) is 0 Å². The van der Waals surface area contributed by atoms with Gasteiger partial charge in [-0.2, -0.15) is 0 Å². The summed E-state index contributed by atoms with van der Waals surface area (Å²) in [5.74, 6) is -0.848. The second-order valence-corrected chi connectivity index (χ2v) is 24.5. The van der Waals surface area contributed by atoms with Crippen LogP contribution >= 0.6 is 0 Å². The van der Waals surface area contributed by atoms with Crippen molar-refractivity contribution in [2.75, 3.05) is 13.2 Å². The monoisotopic (exact) mass is 1140 g/mol. The van der Waals surface area contributed by atoms with E-state index in [9.17, 15) is 14.4 Å². The van der Waals surface area contributed by atoms with Crippen LogP contribution in [0.5, 0.6) is 0 Å². The summed E-state index contributed by atoms with van der Waals surface area (Å²) in [6.07, 6.45) is 88.5. The third-order valence-corrected chi connectivity index (χ3v) is 16.3. The Morgan fingerprint density at radius 1 is 0.247 bits per heavy atom. The number of ether oxygens (including phenoxy) is 3. The summed E-state index contributed by atoms with van der Waals surface area (Å²) >= 11 is 0. The Morgan fingerprint density at radius 3 is 0.704 bits per heavy atom. The highest BCUT2D eigenvalue weighted by atomic mass is 16.6. The first-order valence-electron chi connectivity index (χ1n) is 36.1. The molecule has 0 spiro atoms. The SMILES string of the molecule is CCCCCCC/C=C\C/C=C\C/C=C\CCCCCCCCCCCCCCC(=O)OCC(COC(=O)CCCCCCCCCCCCCCCCCCCC)OC(=O)CCCCCCCCC/C=C\CCCCCCCCC. The summed E-state index contributed by atoms with van der Waals surface area (Å²) in [7, 11) is 0. The van der Waals surface area contributed by atoms with Gasteiger partial charge in [-0.3, -0.25) is 14.4 Å². The molecule has 0 saturated heterocycles. The summed E-state index contributed by atoms with van der Waals surface area (Å²) in [6, 6.07) is 0. The summed E-state index contributed by atoms with van der Waals surface area (Å²) in [4.78, 5) is 38.5. The lowest BCUT2D eigenvalue weighted by atomic mass is 10.0. The third kappa shape index (κ3) is 68.0. The van der Waals surface area contributed by atoms with Gasteiger partial charge >= 0.3 is 17.9 Å². The molecule has 6 heteroatoms. The molecule has 0 radical (unpaired) electrons. The van der Waals surface area contributed by atoms with Crippen LogP contribution in [-0.2, 0) is 28.6 Å². The van der Waals surface area contributed by atoms with Crippen molar-refractivity contribution in [3.63, 3.8) is 0 Å². The summed E-state index contributed by atoms with van der Waals surface area (Å²) in [6.45, 7) is 6.70. The van der Waals surface area contributed by atoms with Crippen LogP contribution in [0.3, 0.4) is 0 Å². The smallest absolute Gasteiger partial charge is 0.306 e. The number of hydrogen-bond donors (Lipinski definition) is 0. The van der Waals surface area contributed by atoms with Crippen molar-refractivity contribution in [2.24, 2.45) is 0 Å². The van der Waals surface area contributed by atoms with Gasteiger partial charge in [0.15, 0.2) is 6.10 Å². The molecule has 1 unspecified atom stereocenters. The van der Waals surface area contributed by atoms with Gasteiger partial charge in [0.2, 0.25) is 0 Å². The highest BCUT2D eigenvalue weighted by molar-refractivity contribution is 5.71. The Balaban J connectivity index is 4.29. The Morgan fingerprint density at radius 2 is 0.444 bits per heavy atom. The van der Waals surface area contributed by atoms with Gasteiger partial charge in [-0.15, -0.1) is 0 Å². The van der Waals surface area contributed by atoms with Crippen LogP contribution in [0.15, 0.2) is 48.6 Å². The fourth-order valence-corrected chi connectivity index (χ4v) is 10.9. The lowest BCUT2D eigenvalue weighted by Gasteiger charge is -2.18. The fraction of sp³-hybridized carbons (Fsp3) is 0.853. The van der Waals surface area contributed by atoms with Gasteiger partial charge in [0.1, 0.15) is 13.2 Å². The topological polar surface area (TPSA) is 78.9 Å². The lowest BCUT2D eigenvalue weighted by molar-refractivity contribution is -0.167. The van der Waals surface area contributed by atoms with Crippen LogP contribution in [0.4, 0.5) is 0 Å². The molecule has 0 heterocycles. The molecule has 0 aromatic heterocycles. The molecular weight excluding hydrogens is 997 g/mol. The molecule has 0 aliphatic heterocycles. The summed E-state index contributed by atoms with van der Waals surface area (Å²) < 4.78 is 17.0. The van der Waals surface area contributed by atoms with Gasteiger partial charge in [0, 0.05) is 19.3 Å². The number of carbonyl (C=O) groups is 3. The first kappa shape index (κ1) is 78.4. The van der Waals surface area contributed by atoms with Crippen molar-refractivity contribution in [3.05, 3.63) is 48.6 Å². The quantitative estimate of drug-likeness (QED) is 0.0261. The lowest BCUT2D eigenvalue weighted by Crippen LogP contribution is -2.30. The van der Waals surface area contributed by atoms with E-state index in [1.807, 2.05) is 0 Å². The van der Waals surface area contributed by atoms with Crippen LogP contribution in [0, 0.1) is 0 Å². The van der Waals surface area contributed by atoms with Gasteiger partial charge < -0.3 is 14.2 Å². The molecule has 0 aromatic rings. The minimum Gasteiger partial charge on any atom is -0.462 e. The van der Waals surface area contributed by atoms with Crippen LogP contribution in [0.1, 0.15) is 393 Å². The summed E-state index contributed by atoms with van der Waals surface area (Å²) in [5, 5.41) is 0. The zero-order chi connectivity index (χ0) is 58.5. The molecule has 0 aliphatic carbocycles. The van der Waals surface area contributed by atoms with Crippen molar-refractivity contribution in [2.45, 2.75) is 399 Å². The molecule has 0 fully saturated rings. The van der Waals surface area contributed by atoms with Crippen LogP contribution in [0.25, 0.3) is 0 Å². The molecule has 0 aromatic carbocycles. The minimum atomic E-state index is -0.775. The van der Waals surface area contributed by atoms with E-state index >= 15 is 0 Å². The second kappa shape index (κ2) is 69.9. The maximum atomic E-state index is 13.0. The van der Waals surface area contributed by atoms with Crippen LogP contribution < -0.4 is 0 Å². The molecule has 0 saturated carbocycles. The fourth-order valence-electron chi connectivity index (χ4n) is 10.9. The van der Waals surface area contributed by atoms with Gasteiger partial charge in [-0.05, 0) is 83.5 Å². The van der Waals surface area contributed by atoms with E-state index in [0.717, 1.165) is 70.6 Å². The van der Waals surface area contributed by atoms with Gasteiger partial charge in [-0.25, -0.2) is 0 Å². The predicted molar refractivity (Wildman–Crippen MR) is 353 cm³/mol. The highest BCUT2D eigenvalue weighted by Gasteiger charge is 2.19. The predicted octanol–water partition coefficient (Wildman–Crippen LogP) is 24.9. The van der Waals surface area contributed by atoms with E-state index in [1.165, 1.54) is 283 Å². The molecule has 1 atom stereocenters. The Bertz CT molecular complexity index is 1400. The number of unbranched alkanes of at least 4 members (excludes halogenated alkanes) is 48. The Kier molecular flexibility index (Phi) is 67.6. The number of rotatable bonds is 67. The standard InChI is InChI=1S/C75H138O6/c1-4-7-10-13-16-19-22-25-28-31-34-35-36-37-38-39-40-41-42-45-47-50-53-56-59-62-65-68-74(77)80-71-72(81-75(78)69-66-63-60-57-54-51-48-44-33-30-27-24-21-18-15-12-9-6-3)70-79-73(76)67-64-61-58-55-52-49-46-43-32-29-26-23-20-17-14-11-8-5-2/h22,25,30-31,33-34,36-37,72H,4-21,23-24,26-29,32,35,38-71H2,1-3H3/b25-22-,33-30-,34-31-,37-36-.